The van der Waals surface area contributed by atoms with Crippen molar-refractivity contribution in [3.05, 3.63) is 69.9 Å². The first-order chi connectivity index (χ1) is 12.1. The number of ether oxygens (including phenoxy) is 1. The fraction of sp³-hybridized carbons (Fsp3) is 0.118. The van der Waals surface area contributed by atoms with Crippen molar-refractivity contribution in [2.24, 2.45) is 5.10 Å². The van der Waals surface area contributed by atoms with Gasteiger partial charge in [0.05, 0.1) is 13.3 Å². The molecule has 8 nitrogen and oxygen atoms in total. The van der Waals surface area contributed by atoms with Crippen LogP contribution in [0.25, 0.3) is 0 Å². The van der Waals surface area contributed by atoms with Gasteiger partial charge in [-0.2, -0.15) is 14.9 Å². The van der Waals surface area contributed by atoms with E-state index in [1.54, 1.807) is 13.2 Å². The summed E-state index contributed by atoms with van der Waals surface area (Å²) in [6, 6.07) is 11.7. The van der Waals surface area contributed by atoms with Crippen LogP contribution in [0.15, 0.2) is 52.4 Å². The van der Waals surface area contributed by atoms with Crippen LogP contribution in [-0.4, -0.2) is 38.4 Å². The number of aromatic nitrogens is 3. The summed E-state index contributed by atoms with van der Waals surface area (Å²) in [5.74, 6) is 0.697. The molecule has 25 heavy (non-hydrogen) atoms. The molecule has 1 aromatic heterocycles. The van der Waals surface area contributed by atoms with Crippen LogP contribution in [0.4, 0.5) is 0 Å². The van der Waals surface area contributed by atoms with Crippen LogP contribution in [0.1, 0.15) is 17.0 Å². The first-order valence-electron chi connectivity index (χ1n) is 7.42. The molecule has 2 aromatic carbocycles. The number of rotatable bonds is 5. The van der Waals surface area contributed by atoms with Crippen LogP contribution in [0.5, 0.6) is 17.2 Å². The van der Waals surface area contributed by atoms with Crippen molar-refractivity contribution < 1.29 is 14.9 Å². The molecule has 0 aliphatic heterocycles. The standard InChI is InChI=1S/C17H16N4O4/c1-25-13-5-2-11(3-6-13)9-16-19-20-17(24)21(16)18-10-12-4-7-14(22)15(23)8-12/h2-8,10,22-23H,9H2,1H3,(H,20,24)/b18-10+. The Morgan fingerprint density at radius 3 is 2.64 bits per heavy atom. The number of hydrogen-bond acceptors (Lipinski definition) is 6. The lowest BCUT2D eigenvalue weighted by Crippen LogP contribution is -2.15. The van der Waals surface area contributed by atoms with Crippen LogP contribution in [0.3, 0.4) is 0 Å². The number of H-pyrrole nitrogens is 1. The second-order valence-electron chi connectivity index (χ2n) is 5.27. The average molecular weight is 340 g/mol. The molecule has 0 spiro atoms. The van der Waals surface area contributed by atoms with Crippen LogP contribution in [0.2, 0.25) is 0 Å². The fourth-order valence-corrected chi connectivity index (χ4v) is 2.23. The second-order valence-corrected chi connectivity index (χ2v) is 5.27. The van der Waals surface area contributed by atoms with E-state index < -0.39 is 5.69 Å². The summed E-state index contributed by atoms with van der Waals surface area (Å²) in [5.41, 5.74) is 1.00. The van der Waals surface area contributed by atoms with Gasteiger partial charge < -0.3 is 14.9 Å². The SMILES string of the molecule is COc1ccc(Cc2n[nH]c(=O)n2/N=C/c2ccc(O)c(O)c2)cc1. The quantitative estimate of drug-likeness (QED) is 0.481. The maximum absolute atomic E-state index is 11.9. The summed E-state index contributed by atoms with van der Waals surface area (Å²) in [7, 11) is 1.59. The number of aromatic amines is 1. The zero-order chi connectivity index (χ0) is 17.8. The molecular formula is C17H16N4O4. The number of methoxy groups -OCH3 is 1. The third-order valence-electron chi connectivity index (χ3n) is 3.56. The van der Waals surface area contributed by atoms with Crippen LogP contribution >= 0.6 is 0 Å². The lowest BCUT2D eigenvalue weighted by Gasteiger charge is -2.03. The van der Waals surface area contributed by atoms with Gasteiger partial charge in [0.25, 0.3) is 0 Å². The molecule has 0 unspecified atom stereocenters. The molecule has 0 atom stereocenters. The van der Waals surface area contributed by atoms with E-state index in [1.165, 1.54) is 18.3 Å². The Morgan fingerprint density at radius 1 is 1.20 bits per heavy atom. The van der Waals surface area contributed by atoms with E-state index >= 15 is 0 Å². The highest BCUT2D eigenvalue weighted by molar-refractivity contribution is 5.80. The van der Waals surface area contributed by atoms with Crippen LogP contribution in [0, 0.1) is 0 Å². The number of benzene rings is 2. The predicted octanol–water partition coefficient (Wildman–Crippen LogP) is 1.46. The highest BCUT2D eigenvalue weighted by atomic mass is 16.5. The van der Waals surface area contributed by atoms with Crippen molar-refractivity contribution in [3.63, 3.8) is 0 Å². The fourth-order valence-electron chi connectivity index (χ4n) is 2.23. The Bertz CT molecular complexity index is 958. The summed E-state index contributed by atoms with van der Waals surface area (Å²) in [4.78, 5) is 11.9. The molecule has 1 heterocycles. The van der Waals surface area contributed by atoms with E-state index in [0.29, 0.717) is 17.8 Å². The number of hydrogen-bond donors (Lipinski definition) is 3. The van der Waals surface area contributed by atoms with Crippen molar-refractivity contribution in [1.82, 2.24) is 14.9 Å². The zero-order valence-corrected chi connectivity index (χ0v) is 13.4. The van der Waals surface area contributed by atoms with Gasteiger partial charge in [-0.15, -0.1) is 0 Å². The number of nitrogens with one attached hydrogen (secondary N) is 1. The van der Waals surface area contributed by atoms with Crippen molar-refractivity contribution in [3.8, 4) is 17.2 Å². The molecule has 0 aliphatic carbocycles. The maximum atomic E-state index is 11.9. The molecule has 128 valence electrons. The smallest absolute Gasteiger partial charge is 0.364 e. The third-order valence-corrected chi connectivity index (χ3v) is 3.56. The summed E-state index contributed by atoms with van der Waals surface area (Å²) in [6.45, 7) is 0. The Balaban J connectivity index is 1.84. The Kier molecular flexibility index (Phi) is 4.51. The molecule has 8 heteroatoms. The Morgan fingerprint density at radius 2 is 1.96 bits per heavy atom. The first-order valence-corrected chi connectivity index (χ1v) is 7.42. The molecule has 3 aromatic rings. The molecule has 0 fully saturated rings. The van der Waals surface area contributed by atoms with Gasteiger partial charge in [0.2, 0.25) is 0 Å². The molecule has 0 saturated carbocycles. The van der Waals surface area contributed by atoms with E-state index in [2.05, 4.69) is 15.3 Å². The van der Waals surface area contributed by atoms with Gasteiger partial charge in [0, 0.05) is 6.42 Å². The van der Waals surface area contributed by atoms with Gasteiger partial charge in [0.1, 0.15) is 5.75 Å². The van der Waals surface area contributed by atoms with Crippen molar-refractivity contribution in [2.75, 3.05) is 7.11 Å². The van der Waals surface area contributed by atoms with Crippen LogP contribution < -0.4 is 10.4 Å². The number of phenolic OH excluding ortho intramolecular Hbond substituents is 2. The highest BCUT2D eigenvalue weighted by Gasteiger charge is 2.08. The average Bonchev–Trinajstić information content (AvgIpc) is 2.96. The molecule has 0 radical (unpaired) electrons. The molecular weight excluding hydrogens is 324 g/mol. The minimum Gasteiger partial charge on any atom is -0.504 e. The molecule has 0 amide bonds. The lowest BCUT2D eigenvalue weighted by molar-refractivity contribution is 0.403. The predicted molar refractivity (Wildman–Crippen MR) is 91.4 cm³/mol. The van der Waals surface area contributed by atoms with Gasteiger partial charge in [-0.3, -0.25) is 0 Å². The highest BCUT2D eigenvalue weighted by Crippen LogP contribution is 2.24. The largest absolute Gasteiger partial charge is 0.504 e. The van der Waals surface area contributed by atoms with Crippen molar-refractivity contribution >= 4 is 6.21 Å². The Hall–Kier alpha value is -3.55. The molecule has 0 bridgehead atoms. The summed E-state index contributed by atoms with van der Waals surface area (Å²) >= 11 is 0. The van der Waals surface area contributed by atoms with Crippen LogP contribution in [-0.2, 0) is 6.42 Å². The molecule has 3 rings (SSSR count). The lowest BCUT2D eigenvalue weighted by atomic mass is 10.1. The summed E-state index contributed by atoms with van der Waals surface area (Å²) in [5, 5.41) is 29.3. The topological polar surface area (TPSA) is 113 Å². The molecule has 3 N–H and O–H groups in total. The number of phenols is 2. The molecule has 0 aliphatic rings. The monoisotopic (exact) mass is 340 g/mol. The van der Waals surface area contributed by atoms with Gasteiger partial charge in [-0.1, -0.05) is 12.1 Å². The Labute approximate surface area is 142 Å². The van der Waals surface area contributed by atoms with Gasteiger partial charge in [0.15, 0.2) is 17.3 Å². The molecule has 0 saturated heterocycles. The van der Waals surface area contributed by atoms with Gasteiger partial charge in [-0.25, -0.2) is 9.89 Å². The third kappa shape index (κ3) is 3.69. The number of aromatic hydroxyl groups is 2. The zero-order valence-electron chi connectivity index (χ0n) is 13.4. The summed E-state index contributed by atoms with van der Waals surface area (Å²) < 4.78 is 6.26. The minimum atomic E-state index is -0.470. The minimum absolute atomic E-state index is 0.224. The van der Waals surface area contributed by atoms with E-state index in [9.17, 15) is 15.0 Å². The van der Waals surface area contributed by atoms with Crippen molar-refractivity contribution in [1.29, 1.82) is 0 Å². The normalized spacial score (nSPS) is 11.1. The van der Waals surface area contributed by atoms with Gasteiger partial charge in [-0.05, 0) is 41.5 Å². The maximum Gasteiger partial charge on any atom is 0.364 e. The van der Waals surface area contributed by atoms with E-state index in [-0.39, 0.29) is 11.5 Å². The first kappa shape index (κ1) is 16.3. The van der Waals surface area contributed by atoms with Gasteiger partial charge >= 0.3 is 5.69 Å². The summed E-state index contributed by atoms with van der Waals surface area (Å²) in [6.07, 6.45) is 1.80. The van der Waals surface area contributed by atoms with Crippen molar-refractivity contribution in [2.45, 2.75) is 6.42 Å². The second kappa shape index (κ2) is 6.91. The van der Waals surface area contributed by atoms with E-state index in [4.69, 9.17) is 4.74 Å². The van der Waals surface area contributed by atoms with E-state index in [1.807, 2.05) is 24.3 Å². The number of nitrogens with zero attached hydrogens (tertiary/aromatic N) is 3. The van der Waals surface area contributed by atoms with E-state index in [0.717, 1.165) is 16.0 Å².